The molecule has 4 heteroatoms. The maximum atomic E-state index is 5.62. The van der Waals surface area contributed by atoms with Gasteiger partial charge in [-0.15, -0.1) is 0 Å². The molecule has 0 amide bonds. The van der Waals surface area contributed by atoms with Gasteiger partial charge in [0.1, 0.15) is 5.82 Å². The van der Waals surface area contributed by atoms with Crippen LogP contribution in [0.3, 0.4) is 0 Å². The predicted octanol–water partition coefficient (Wildman–Crippen LogP) is 1.20. The Bertz CT molecular complexity index is 289. The summed E-state index contributed by atoms with van der Waals surface area (Å²) < 4.78 is 0. The van der Waals surface area contributed by atoms with Gasteiger partial charge in [0.15, 0.2) is 0 Å². The Morgan fingerprint density at radius 3 is 2.83 bits per heavy atom. The first kappa shape index (κ1) is 7.46. The van der Waals surface area contributed by atoms with E-state index in [1.165, 1.54) is 6.42 Å². The highest BCUT2D eigenvalue weighted by Crippen LogP contribution is 2.46. The largest absolute Gasteiger partial charge is 0.382 e. The van der Waals surface area contributed by atoms with Gasteiger partial charge in [-0.05, 0) is 11.8 Å². The fourth-order valence-electron chi connectivity index (χ4n) is 1.31. The average Bonchev–Trinajstić information content (AvgIpc) is 2.39. The van der Waals surface area contributed by atoms with E-state index in [-0.39, 0.29) is 0 Å². The van der Waals surface area contributed by atoms with E-state index in [1.54, 1.807) is 6.20 Å². The van der Waals surface area contributed by atoms with Crippen LogP contribution in [0.5, 0.6) is 0 Å². The lowest BCUT2D eigenvalue weighted by molar-refractivity contribution is 0.631. The highest BCUT2D eigenvalue weighted by molar-refractivity contribution is 5.61. The third-order valence-corrected chi connectivity index (χ3v) is 2.51. The summed E-state index contributed by atoms with van der Waals surface area (Å²) in [6.07, 6.45) is 2.93. The number of aromatic amines is 1. The van der Waals surface area contributed by atoms with Crippen molar-refractivity contribution in [1.82, 2.24) is 10.2 Å². The fourth-order valence-corrected chi connectivity index (χ4v) is 1.31. The summed E-state index contributed by atoms with van der Waals surface area (Å²) in [6.45, 7) is 4.47. The molecule has 1 atom stereocenters. The van der Waals surface area contributed by atoms with Gasteiger partial charge in [-0.3, -0.25) is 5.10 Å². The molecular formula is C8H14N4. The summed E-state index contributed by atoms with van der Waals surface area (Å²) in [5, 5.41) is 9.87. The molecule has 1 saturated carbocycles. The van der Waals surface area contributed by atoms with Crippen molar-refractivity contribution in [2.24, 2.45) is 5.41 Å². The summed E-state index contributed by atoms with van der Waals surface area (Å²) in [6, 6.07) is 0.553. The normalized spacial score (nSPS) is 25.3. The van der Waals surface area contributed by atoms with Gasteiger partial charge in [-0.1, -0.05) is 13.8 Å². The number of nitrogens with zero attached hydrogens (tertiary/aromatic N) is 1. The Labute approximate surface area is 71.5 Å². The third kappa shape index (κ3) is 1.13. The first-order valence-corrected chi connectivity index (χ1v) is 4.15. The number of anilines is 2. The molecule has 0 aliphatic heterocycles. The SMILES string of the molecule is CC1(C)CC1Nc1cn[nH]c1N. The van der Waals surface area contributed by atoms with Crippen LogP contribution < -0.4 is 11.1 Å². The highest BCUT2D eigenvalue weighted by Gasteiger charge is 2.45. The van der Waals surface area contributed by atoms with Gasteiger partial charge >= 0.3 is 0 Å². The van der Waals surface area contributed by atoms with Crippen LogP contribution >= 0.6 is 0 Å². The van der Waals surface area contributed by atoms with Gasteiger partial charge in [0.2, 0.25) is 0 Å². The molecule has 1 aliphatic rings. The average molecular weight is 166 g/mol. The molecule has 2 rings (SSSR count). The van der Waals surface area contributed by atoms with Crippen LogP contribution in [0, 0.1) is 5.41 Å². The Hall–Kier alpha value is -1.19. The molecule has 0 aromatic carbocycles. The summed E-state index contributed by atoms with van der Waals surface area (Å²) in [5.74, 6) is 0.623. The maximum Gasteiger partial charge on any atom is 0.142 e. The maximum absolute atomic E-state index is 5.62. The quantitative estimate of drug-likeness (QED) is 0.618. The minimum Gasteiger partial charge on any atom is -0.382 e. The molecule has 1 fully saturated rings. The van der Waals surface area contributed by atoms with Crippen LogP contribution in [-0.4, -0.2) is 16.2 Å². The Morgan fingerprint density at radius 1 is 1.75 bits per heavy atom. The molecule has 4 N–H and O–H groups in total. The van der Waals surface area contributed by atoms with Gasteiger partial charge in [0, 0.05) is 6.04 Å². The Morgan fingerprint density at radius 2 is 2.42 bits per heavy atom. The second-order valence-corrected chi connectivity index (χ2v) is 4.09. The van der Waals surface area contributed by atoms with E-state index in [9.17, 15) is 0 Å². The molecular weight excluding hydrogens is 152 g/mol. The van der Waals surface area contributed by atoms with Crippen molar-refractivity contribution in [2.75, 3.05) is 11.1 Å². The molecule has 0 spiro atoms. The van der Waals surface area contributed by atoms with Gasteiger partial charge < -0.3 is 11.1 Å². The van der Waals surface area contributed by atoms with Crippen LogP contribution in [0.4, 0.5) is 11.5 Å². The molecule has 1 aromatic heterocycles. The molecule has 1 aromatic rings. The van der Waals surface area contributed by atoms with Gasteiger partial charge in [-0.25, -0.2) is 0 Å². The van der Waals surface area contributed by atoms with Crippen molar-refractivity contribution < 1.29 is 0 Å². The van der Waals surface area contributed by atoms with Crippen molar-refractivity contribution in [3.05, 3.63) is 6.20 Å². The zero-order valence-electron chi connectivity index (χ0n) is 7.39. The van der Waals surface area contributed by atoms with Crippen LogP contribution in [0.1, 0.15) is 20.3 Å². The number of aromatic nitrogens is 2. The Kier molecular flexibility index (Phi) is 1.34. The van der Waals surface area contributed by atoms with Crippen LogP contribution in [0.2, 0.25) is 0 Å². The van der Waals surface area contributed by atoms with Crippen LogP contribution in [0.25, 0.3) is 0 Å². The molecule has 0 radical (unpaired) electrons. The third-order valence-electron chi connectivity index (χ3n) is 2.51. The van der Waals surface area contributed by atoms with Gasteiger partial charge in [0.05, 0.1) is 11.9 Å². The Balaban J connectivity index is 2.02. The standard InChI is InChI=1S/C8H14N4/c1-8(2)3-6(8)11-5-4-10-12-7(5)9/h4,6,11H,3H2,1-2H3,(H3,9,10,12). The molecule has 4 nitrogen and oxygen atoms in total. The second kappa shape index (κ2) is 2.15. The van der Waals surface area contributed by atoms with Crippen LogP contribution in [-0.2, 0) is 0 Å². The molecule has 0 saturated heterocycles. The van der Waals surface area contributed by atoms with Gasteiger partial charge in [-0.2, -0.15) is 5.10 Å². The van der Waals surface area contributed by atoms with Crippen molar-refractivity contribution in [3.63, 3.8) is 0 Å². The number of nitrogen functional groups attached to an aromatic ring is 1. The van der Waals surface area contributed by atoms with E-state index in [2.05, 4.69) is 29.4 Å². The molecule has 12 heavy (non-hydrogen) atoms. The minimum absolute atomic E-state index is 0.420. The number of nitrogens with two attached hydrogens (primary N) is 1. The van der Waals surface area contributed by atoms with E-state index >= 15 is 0 Å². The molecule has 1 unspecified atom stereocenters. The highest BCUT2D eigenvalue weighted by atomic mass is 15.2. The van der Waals surface area contributed by atoms with E-state index in [1.807, 2.05) is 0 Å². The first-order valence-electron chi connectivity index (χ1n) is 4.15. The second-order valence-electron chi connectivity index (χ2n) is 4.09. The van der Waals surface area contributed by atoms with Crippen molar-refractivity contribution in [2.45, 2.75) is 26.3 Å². The zero-order valence-corrected chi connectivity index (χ0v) is 7.39. The molecule has 66 valence electrons. The van der Waals surface area contributed by atoms with E-state index in [0.717, 1.165) is 5.69 Å². The summed E-state index contributed by atoms with van der Waals surface area (Å²) >= 11 is 0. The summed E-state index contributed by atoms with van der Waals surface area (Å²) in [4.78, 5) is 0. The van der Waals surface area contributed by atoms with Crippen LogP contribution in [0.15, 0.2) is 6.20 Å². The predicted molar refractivity (Wildman–Crippen MR) is 48.8 cm³/mol. The lowest BCUT2D eigenvalue weighted by Gasteiger charge is -2.05. The summed E-state index contributed by atoms with van der Waals surface area (Å²) in [7, 11) is 0. The first-order chi connectivity index (χ1) is 5.59. The van der Waals surface area contributed by atoms with E-state index in [0.29, 0.717) is 17.3 Å². The molecule has 1 aliphatic carbocycles. The fraction of sp³-hybridized carbons (Fsp3) is 0.625. The summed E-state index contributed by atoms with van der Waals surface area (Å²) in [5.41, 5.74) is 6.97. The van der Waals surface area contributed by atoms with Gasteiger partial charge in [0.25, 0.3) is 0 Å². The van der Waals surface area contributed by atoms with Crippen molar-refractivity contribution in [3.8, 4) is 0 Å². The number of H-pyrrole nitrogens is 1. The number of hydrogen-bond donors (Lipinski definition) is 3. The number of hydrogen-bond acceptors (Lipinski definition) is 3. The lowest BCUT2D eigenvalue weighted by atomic mass is 10.2. The smallest absolute Gasteiger partial charge is 0.142 e. The van der Waals surface area contributed by atoms with Crippen molar-refractivity contribution in [1.29, 1.82) is 0 Å². The number of rotatable bonds is 2. The van der Waals surface area contributed by atoms with E-state index < -0.39 is 0 Å². The number of nitrogens with one attached hydrogen (secondary N) is 2. The minimum atomic E-state index is 0.420. The molecule has 0 bridgehead atoms. The molecule has 1 heterocycles. The monoisotopic (exact) mass is 166 g/mol. The zero-order chi connectivity index (χ0) is 8.77. The lowest BCUT2D eigenvalue weighted by Crippen LogP contribution is -2.08. The topological polar surface area (TPSA) is 66.7 Å². The van der Waals surface area contributed by atoms with Crippen molar-refractivity contribution >= 4 is 11.5 Å². The van der Waals surface area contributed by atoms with E-state index in [4.69, 9.17) is 5.73 Å².